The van der Waals surface area contributed by atoms with E-state index in [1.165, 1.54) is 6.08 Å². The molecule has 0 unspecified atom stereocenters. The van der Waals surface area contributed by atoms with Crippen molar-refractivity contribution in [1.82, 2.24) is 5.32 Å². The average molecular weight is 478 g/mol. The van der Waals surface area contributed by atoms with Gasteiger partial charge in [-0.25, -0.2) is 0 Å². The van der Waals surface area contributed by atoms with Gasteiger partial charge in [0.25, 0.3) is 5.91 Å². The minimum atomic E-state index is -0.375. The van der Waals surface area contributed by atoms with Gasteiger partial charge in [0.2, 0.25) is 0 Å². The fraction of sp³-hybridized carbons (Fsp3) is 0.0345. The van der Waals surface area contributed by atoms with Gasteiger partial charge in [0.1, 0.15) is 0 Å². The van der Waals surface area contributed by atoms with Gasteiger partial charge in [-0.1, -0.05) is 66.7 Å². The maximum atomic E-state index is 13.1. The second kappa shape index (κ2) is 9.44. The third-order valence-corrected chi connectivity index (χ3v) is 6.70. The van der Waals surface area contributed by atoms with Crippen LogP contribution in [0.5, 0.6) is 0 Å². The molecule has 5 nitrogen and oxygen atoms in total. The number of carbonyl (C=O) groups is 4. The van der Waals surface area contributed by atoms with Crippen molar-refractivity contribution >= 4 is 40.7 Å². The highest BCUT2D eigenvalue weighted by molar-refractivity contribution is 7.09. The minimum Gasteiger partial charge on any atom is -0.347 e. The third kappa shape index (κ3) is 4.39. The zero-order valence-corrected chi connectivity index (χ0v) is 19.3. The first kappa shape index (κ1) is 22.4. The molecule has 0 aliphatic heterocycles. The summed E-state index contributed by atoms with van der Waals surface area (Å²) in [7, 11) is 0. The molecule has 0 atom stereocenters. The largest absolute Gasteiger partial charge is 0.347 e. The van der Waals surface area contributed by atoms with Gasteiger partial charge in [-0.2, -0.15) is 0 Å². The molecule has 0 fully saturated rings. The summed E-state index contributed by atoms with van der Waals surface area (Å²) in [6.07, 6.45) is 3.00. The van der Waals surface area contributed by atoms with Crippen LogP contribution in [0.2, 0.25) is 0 Å². The van der Waals surface area contributed by atoms with Crippen molar-refractivity contribution in [2.45, 2.75) is 6.54 Å². The number of thiophene rings is 1. The number of nitrogens with one attached hydrogen (secondary N) is 1. The van der Waals surface area contributed by atoms with E-state index in [1.54, 1.807) is 84.1 Å². The van der Waals surface area contributed by atoms with Crippen LogP contribution in [0.4, 0.5) is 0 Å². The molecule has 3 aromatic carbocycles. The number of rotatable bonds is 6. The second-order valence-corrected chi connectivity index (χ2v) is 9.05. The fourth-order valence-electron chi connectivity index (χ4n) is 4.04. The molecule has 5 rings (SSSR count). The van der Waals surface area contributed by atoms with Gasteiger partial charge in [-0.15, -0.1) is 11.3 Å². The quantitative estimate of drug-likeness (QED) is 0.264. The number of fused-ring (bicyclic) bond motifs is 2. The Morgan fingerprint density at radius 1 is 0.771 bits per heavy atom. The SMILES string of the molecule is O=C(NCc1cccs1)c1ccc(/C=C/C(=O)c2cccc3c2C(=O)c2ccccc2C3=O)cc1. The van der Waals surface area contributed by atoms with Crippen LogP contribution in [0.25, 0.3) is 6.08 Å². The standard InChI is InChI=1S/C29H19NO4S/c31-25(15-12-18-10-13-19(14-11-18)29(34)30-17-20-5-4-16-35-20)23-8-3-9-24-26(23)28(33)22-7-2-1-6-21(22)27(24)32/h1-16H,17H2,(H,30,34)/b15-12+. The van der Waals surface area contributed by atoms with Gasteiger partial charge < -0.3 is 5.32 Å². The molecule has 1 aromatic heterocycles. The number of allylic oxidation sites excluding steroid dienone is 1. The third-order valence-electron chi connectivity index (χ3n) is 5.82. The zero-order valence-electron chi connectivity index (χ0n) is 18.5. The lowest BCUT2D eigenvalue weighted by Crippen LogP contribution is -2.23. The molecule has 1 heterocycles. The van der Waals surface area contributed by atoms with Crippen LogP contribution in [0.3, 0.4) is 0 Å². The summed E-state index contributed by atoms with van der Waals surface area (Å²) < 4.78 is 0. The van der Waals surface area contributed by atoms with E-state index in [9.17, 15) is 19.2 Å². The molecule has 4 aromatic rings. The number of hydrogen-bond donors (Lipinski definition) is 1. The maximum absolute atomic E-state index is 13.1. The van der Waals surface area contributed by atoms with E-state index in [0.29, 0.717) is 23.2 Å². The maximum Gasteiger partial charge on any atom is 0.251 e. The van der Waals surface area contributed by atoms with Gasteiger partial charge in [0.15, 0.2) is 17.3 Å². The van der Waals surface area contributed by atoms with Gasteiger partial charge in [0.05, 0.1) is 6.54 Å². The van der Waals surface area contributed by atoms with Crippen LogP contribution >= 0.6 is 11.3 Å². The predicted molar refractivity (Wildman–Crippen MR) is 135 cm³/mol. The number of hydrogen-bond acceptors (Lipinski definition) is 5. The van der Waals surface area contributed by atoms with Crippen molar-refractivity contribution in [2.75, 3.05) is 0 Å². The molecule has 0 saturated carbocycles. The highest BCUT2D eigenvalue weighted by Gasteiger charge is 2.32. The van der Waals surface area contributed by atoms with Crippen molar-refractivity contribution < 1.29 is 19.2 Å². The van der Waals surface area contributed by atoms with E-state index in [-0.39, 0.29) is 39.9 Å². The summed E-state index contributed by atoms with van der Waals surface area (Å²) in [5.74, 6) is -1.14. The van der Waals surface area contributed by atoms with Crippen LogP contribution in [-0.2, 0) is 6.54 Å². The summed E-state index contributed by atoms with van der Waals surface area (Å²) in [4.78, 5) is 52.4. The second-order valence-electron chi connectivity index (χ2n) is 8.01. The lowest BCUT2D eigenvalue weighted by atomic mass is 9.81. The lowest BCUT2D eigenvalue weighted by molar-refractivity contribution is 0.0950. The van der Waals surface area contributed by atoms with Crippen molar-refractivity contribution in [1.29, 1.82) is 0 Å². The molecule has 0 bridgehead atoms. The average Bonchev–Trinajstić information content (AvgIpc) is 3.42. The Balaban J connectivity index is 1.33. The molecule has 6 heteroatoms. The van der Waals surface area contributed by atoms with Gasteiger partial charge >= 0.3 is 0 Å². The van der Waals surface area contributed by atoms with Gasteiger partial charge in [-0.3, -0.25) is 19.2 Å². The summed E-state index contributed by atoms with van der Waals surface area (Å²) >= 11 is 1.58. The number of amides is 1. The Labute approximate surface area is 205 Å². The van der Waals surface area contributed by atoms with Crippen molar-refractivity contribution in [2.24, 2.45) is 0 Å². The molecule has 1 aliphatic rings. The molecule has 0 spiro atoms. The molecule has 1 N–H and O–H groups in total. The smallest absolute Gasteiger partial charge is 0.251 e. The van der Waals surface area contributed by atoms with E-state index in [4.69, 9.17) is 0 Å². The summed E-state index contributed by atoms with van der Waals surface area (Å²) in [6.45, 7) is 0.472. The summed E-state index contributed by atoms with van der Waals surface area (Å²) in [6, 6.07) is 22.2. The van der Waals surface area contributed by atoms with E-state index in [2.05, 4.69) is 5.32 Å². The first-order valence-corrected chi connectivity index (χ1v) is 11.9. The zero-order chi connectivity index (χ0) is 24.4. The monoisotopic (exact) mass is 477 g/mol. The normalized spacial score (nSPS) is 12.3. The van der Waals surface area contributed by atoms with Crippen molar-refractivity contribution in [3.05, 3.63) is 134 Å². The highest BCUT2D eigenvalue weighted by atomic mass is 32.1. The Kier molecular flexibility index (Phi) is 6.04. The number of ketones is 3. The molecule has 0 radical (unpaired) electrons. The molecule has 35 heavy (non-hydrogen) atoms. The van der Waals surface area contributed by atoms with E-state index in [1.807, 2.05) is 17.5 Å². The Morgan fingerprint density at radius 2 is 1.49 bits per heavy atom. The summed E-state index contributed by atoms with van der Waals surface area (Å²) in [5.41, 5.74) is 2.48. The first-order chi connectivity index (χ1) is 17.0. The lowest BCUT2D eigenvalue weighted by Gasteiger charge is -2.19. The number of benzene rings is 3. The first-order valence-electron chi connectivity index (χ1n) is 11.0. The Bertz CT molecular complexity index is 1500. The molecule has 170 valence electrons. The van der Waals surface area contributed by atoms with Crippen molar-refractivity contribution in [3.63, 3.8) is 0 Å². The Hall–Kier alpha value is -4.42. The van der Waals surface area contributed by atoms with Crippen LogP contribution in [-0.4, -0.2) is 23.3 Å². The number of carbonyl (C=O) groups excluding carboxylic acids is 4. The molecular formula is C29H19NO4S. The van der Waals surface area contributed by atoms with E-state index >= 15 is 0 Å². The highest BCUT2D eigenvalue weighted by Crippen LogP contribution is 2.30. The van der Waals surface area contributed by atoms with Crippen LogP contribution in [0, 0.1) is 0 Å². The fourth-order valence-corrected chi connectivity index (χ4v) is 4.68. The van der Waals surface area contributed by atoms with Crippen LogP contribution in [0.15, 0.2) is 90.3 Å². The molecule has 1 aliphatic carbocycles. The molecular weight excluding hydrogens is 458 g/mol. The van der Waals surface area contributed by atoms with Crippen LogP contribution < -0.4 is 5.32 Å². The minimum absolute atomic E-state index is 0.142. The van der Waals surface area contributed by atoms with Crippen LogP contribution in [0.1, 0.15) is 63.0 Å². The van der Waals surface area contributed by atoms with Gasteiger partial charge in [-0.05, 0) is 35.2 Å². The molecule has 1 amide bonds. The Morgan fingerprint density at radius 3 is 2.20 bits per heavy atom. The molecule has 0 saturated heterocycles. The summed E-state index contributed by atoms with van der Waals surface area (Å²) in [5, 5.41) is 4.84. The topological polar surface area (TPSA) is 80.3 Å². The van der Waals surface area contributed by atoms with Crippen molar-refractivity contribution in [3.8, 4) is 0 Å². The van der Waals surface area contributed by atoms with Gasteiger partial charge in [0, 0.05) is 38.3 Å². The van der Waals surface area contributed by atoms with E-state index < -0.39 is 0 Å². The van der Waals surface area contributed by atoms with E-state index in [0.717, 1.165) is 10.4 Å². The predicted octanol–water partition coefficient (Wildman–Crippen LogP) is 5.35.